The molecule has 25 heavy (non-hydrogen) atoms. The first-order valence-corrected chi connectivity index (χ1v) is 8.26. The molecule has 6 heteroatoms. The molecule has 0 saturated heterocycles. The quantitative estimate of drug-likeness (QED) is 0.877. The van der Waals surface area contributed by atoms with E-state index in [1.165, 1.54) is 0 Å². The molecule has 2 N–H and O–H groups in total. The van der Waals surface area contributed by atoms with Crippen LogP contribution in [-0.4, -0.2) is 31.6 Å². The van der Waals surface area contributed by atoms with E-state index in [0.717, 1.165) is 6.42 Å². The Bertz CT molecular complexity index is 771. The lowest BCUT2D eigenvalue weighted by atomic mass is 10.1. The summed E-state index contributed by atoms with van der Waals surface area (Å²) in [6.45, 7) is 3.64. The maximum atomic E-state index is 12.4. The zero-order chi connectivity index (χ0) is 17.6. The summed E-state index contributed by atoms with van der Waals surface area (Å²) < 4.78 is 11.0. The van der Waals surface area contributed by atoms with Crippen LogP contribution in [0.1, 0.15) is 34.1 Å². The van der Waals surface area contributed by atoms with Crippen LogP contribution >= 0.6 is 0 Å². The summed E-state index contributed by atoms with van der Waals surface area (Å²) in [6.07, 6.45) is 0.877. The average Bonchev–Trinajstić information content (AvgIpc) is 2.66. The fourth-order valence-electron chi connectivity index (χ4n) is 2.44. The maximum Gasteiger partial charge on any atom is 0.255 e. The van der Waals surface area contributed by atoms with E-state index < -0.39 is 0 Å². The highest BCUT2D eigenvalue weighted by atomic mass is 16.6. The summed E-state index contributed by atoms with van der Waals surface area (Å²) in [6, 6.07) is 11.8. The van der Waals surface area contributed by atoms with Gasteiger partial charge in [0.2, 0.25) is 0 Å². The molecule has 1 heterocycles. The van der Waals surface area contributed by atoms with Gasteiger partial charge in [0, 0.05) is 29.4 Å². The fraction of sp³-hybridized carbons (Fsp3) is 0.263. The second kappa shape index (κ2) is 7.70. The molecule has 1 aliphatic rings. The van der Waals surface area contributed by atoms with Crippen LogP contribution < -0.4 is 20.1 Å². The second-order valence-electron chi connectivity index (χ2n) is 5.65. The largest absolute Gasteiger partial charge is 0.486 e. The first-order valence-electron chi connectivity index (χ1n) is 8.26. The Morgan fingerprint density at radius 2 is 1.56 bits per heavy atom. The van der Waals surface area contributed by atoms with E-state index in [1.807, 2.05) is 6.92 Å². The van der Waals surface area contributed by atoms with E-state index >= 15 is 0 Å². The monoisotopic (exact) mass is 340 g/mol. The van der Waals surface area contributed by atoms with Crippen LogP contribution in [0.4, 0.5) is 5.69 Å². The van der Waals surface area contributed by atoms with Gasteiger partial charge in [0.15, 0.2) is 11.5 Å². The summed E-state index contributed by atoms with van der Waals surface area (Å²) in [5, 5.41) is 5.62. The minimum absolute atomic E-state index is 0.138. The van der Waals surface area contributed by atoms with Gasteiger partial charge in [-0.05, 0) is 42.8 Å². The topological polar surface area (TPSA) is 76.7 Å². The standard InChI is InChI=1S/C19H20N2O4/c1-2-9-20-18(22)13-3-5-14(6-4-13)19(23)21-15-7-8-16-17(12-15)25-11-10-24-16/h3-8,12H,2,9-11H2,1H3,(H,20,22)(H,21,23). The van der Waals surface area contributed by atoms with Crippen molar-refractivity contribution in [1.29, 1.82) is 0 Å². The number of benzene rings is 2. The van der Waals surface area contributed by atoms with Crippen LogP contribution in [0, 0.1) is 0 Å². The lowest BCUT2D eigenvalue weighted by Gasteiger charge is -2.19. The Hall–Kier alpha value is -3.02. The molecular weight excluding hydrogens is 320 g/mol. The SMILES string of the molecule is CCCNC(=O)c1ccc(C(=O)Nc2ccc3c(c2)OCCO3)cc1. The highest BCUT2D eigenvalue weighted by molar-refractivity contribution is 6.05. The van der Waals surface area contributed by atoms with Gasteiger partial charge in [-0.3, -0.25) is 9.59 Å². The molecule has 3 rings (SSSR count). The molecule has 0 radical (unpaired) electrons. The van der Waals surface area contributed by atoms with Gasteiger partial charge in [-0.15, -0.1) is 0 Å². The van der Waals surface area contributed by atoms with E-state index in [2.05, 4.69) is 10.6 Å². The molecule has 0 saturated carbocycles. The summed E-state index contributed by atoms with van der Waals surface area (Å²) in [7, 11) is 0. The van der Waals surface area contributed by atoms with Crippen LogP contribution in [0.25, 0.3) is 0 Å². The fourth-order valence-corrected chi connectivity index (χ4v) is 2.44. The molecule has 0 unspecified atom stereocenters. The van der Waals surface area contributed by atoms with Crippen molar-refractivity contribution in [2.75, 3.05) is 25.1 Å². The van der Waals surface area contributed by atoms with Crippen LogP contribution in [0.2, 0.25) is 0 Å². The molecule has 2 aromatic carbocycles. The Balaban J connectivity index is 1.66. The Labute approximate surface area is 146 Å². The average molecular weight is 340 g/mol. The summed E-state index contributed by atoms with van der Waals surface area (Å²) in [4.78, 5) is 24.2. The van der Waals surface area contributed by atoms with Crippen molar-refractivity contribution >= 4 is 17.5 Å². The molecule has 6 nitrogen and oxygen atoms in total. The van der Waals surface area contributed by atoms with Gasteiger partial charge in [0.25, 0.3) is 11.8 Å². The third-order valence-electron chi connectivity index (χ3n) is 3.74. The molecule has 1 aliphatic heterocycles. The predicted octanol–water partition coefficient (Wildman–Crippen LogP) is 2.85. The normalized spacial score (nSPS) is 12.4. The molecule has 0 atom stereocenters. The van der Waals surface area contributed by atoms with Crippen LogP contribution in [0.3, 0.4) is 0 Å². The van der Waals surface area contributed by atoms with E-state index in [-0.39, 0.29) is 11.8 Å². The maximum absolute atomic E-state index is 12.4. The lowest BCUT2D eigenvalue weighted by molar-refractivity contribution is 0.0951. The number of carbonyl (C=O) groups is 2. The van der Waals surface area contributed by atoms with Crippen molar-refractivity contribution in [3.63, 3.8) is 0 Å². The first-order chi connectivity index (χ1) is 12.2. The van der Waals surface area contributed by atoms with E-state index in [1.54, 1.807) is 42.5 Å². The zero-order valence-electron chi connectivity index (χ0n) is 14.0. The summed E-state index contributed by atoms with van der Waals surface area (Å²) in [5.74, 6) is 0.900. The van der Waals surface area contributed by atoms with Gasteiger partial charge in [-0.2, -0.15) is 0 Å². The van der Waals surface area contributed by atoms with Gasteiger partial charge in [0.1, 0.15) is 13.2 Å². The Kier molecular flexibility index (Phi) is 5.18. The van der Waals surface area contributed by atoms with Crippen LogP contribution in [-0.2, 0) is 0 Å². The molecule has 2 aromatic rings. The third kappa shape index (κ3) is 4.09. The first kappa shape index (κ1) is 16.8. The van der Waals surface area contributed by atoms with Gasteiger partial charge >= 0.3 is 0 Å². The second-order valence-corrected chi connectivity index (χ2v) is 5.65. The van der Waals surface area contributed by atoms with Crippen molar-refractivity contribution in [3.8, 4) is 11.5 Å². The molecule has 130 valence electrons. The van der Waals surface area contributed by atoms with Crippen molar-refractivity contribution in [2.24, 2.45) is 0 Å². The molecule has 0 aromatic heterocycles. The van der Waals surface area contributed by atoms with Gasteiger partial charge in [0.05, 0.1) is 0 Å². The van der Waals surface area contributed by atoms with Crippen molar-refractivity contribution in [3.05, 3.63) is 53.6 Å². The molecule has 0 bridgehead atoms. The zero-order valence-corrected chi connectivity index (χ0v) is 14.0. The number of amides is 2. The van der Waals surface area contributed by atoms with Gasteiger partial charge in [-0.25, -0.2) is 0 Å². The molecule has 0 fully saturated rings. The molecule has 0 spiro atoms. The number of hydrogen-bond acceptors (Lipinski definition) is 4. The minimum atomic E-state index is -0.253. The highest BCUT2D eigenvalue weighted by Crippen LogP contribution is 2.32. The van der Waals surface area contributed by atoms with E-state index in [9.17, 15) is 9.59 Å². The van der Waals surface area contributed by atoms with Gasteiger partial charge < -0.3 is 20.1 Å². The van der Waals surface area contributed by atoms with Crippen LogP contribution in [0.15, 0.2) is 42.5 Å². The van der Waals surface area contributed by atoms with Crippen LogP contribution in [0.5, 0.6) is 11.5 Å². The van der Waals surface area contributed by atoms with Crippen molar-refractivity contribution < 1.29 is 19.1 Å². The van der Waals surface area contributed by atoms with Gasteiger partial charge in [-0.1, -0.05) is 6.92 Å². The lowest BCUT2D eigenvalue weighted by Crippen LogP contribution is -2.24. The summed E-state index contributed by atoms with van der Waals surface area (Å²) >= 11 is 0. The molecule has 2 amide bonds. The van der Waals surface area contributed by atoms with E-state index in [4.69, 9.17) is 9.47 Å². The Morgan fingerprint density at radius 1 is 0.920 bits per heavy atom. The number of hydrogen-bond donors (Lipinski definition) is 2. The number of nitrogens with one attached hydrogen (secondary N) is 2. The highest BCUT2D eigenvalue weighted by Gasteiger charge is 2.14. The third-order valence-corrected chi connectivity index (χ3v) is 3.74. The molecule has 0 aliphatic carbocycles. The molecular formula is C19H20N2O4. The van der Waals surface area contributed by atoms with Crippen molar-refractivity contribution in [2.45, 2.75) is 13.3 Å². The van der Waals surface area contributed by atoms with Crippen molar-refractivity contribution in [1.82, 2.24) is 5.32 Å². The number of fused-ring (bicyclic) bond motifs is 1. The predicted molar refractivity (Wildman–Crippen MR) is 94.5 cm³/mol. The summed E-state index contributed by atoms with van der Waals surface area (Å²) in [5.41, 5.74) is 1.63. The minimum Gasteiger partial charge on any atom is -0.486 e. The van der Waals surface area contributed by atoms with E-state index in [0.29, 0.717) is 48.1 Å². The number of carbonyl (C=O) groups excluding carboxylic acids is 2. The number of anilines is 1. The number of ether oxygens (including phenoxy) is 2. The smallest absolute Gasteiger partial charge is 0.255 e. The Morgan fingerprint density at radius 3 is 2.24 bits per heavy atom. The number of rotatable bonds is 5.